The SMILES string of the molecule is CC(=O)N1CCN(CC(=O)c2cc(C)n(-c3cccc(Br)c3)c2C)CC1. The van der Waals surface area contributed by atoms with E-state index in [1.807, 2.05) is 43.0 Å². The summed E-state index contributed by atoms with van der Waals surface area (Å²) in [5, 5.41) is 0. The Morgan fingerprint density at radius 1 is 1.08 bits per heavy atom. The Morgan fingerprint density at radius 3 is 2.38 bits per heavy atom. The molecule has 5 nitrogen and oxygen atoms in total. The Morgan fingerprint density at radius 2 is 1.77 bits per heavy atom. The Kier molecular flexibility index (Phi) is 5.63. The number of hydrogen-bond acceptors (Lipinski definition) is 3. The molecule has 0 unspecified atom stereocenters. The van der Waals surface area contributed by atoms with Gasteiger partial charge in [-0.3, -0.25) is 14.5 Å². The van der Waals surface area contributed by atoms with E-state index in [9.17, 15) is 9.59 Å². The summed E-state index contributed by atoms with van der Waals surface area (Å²) in [5.74, 6) is 0.240. The van der Waals surface area contributed by atoms with Gasteiger partial charge in [0, 0.05) is 60.2 Å². The highest BCUT2D eigenvalue weighted by atomic mass is 79.9. The number of rotatable bonds is 4. The van der Waals surface area contributed by atoms with Crippen LogP contribution in [-0.4, -0.2) is 58.8 Å². The fourth-order valence-electron chi connectivity index (χ4n) is 3.57. The fraction of sp³-hybridized carbons (Fsp3) is 0.400. The zero-order valence-corrected chi connectivity index (χ0v) is 17.0. The van der Waals surface area contributed by atoms with E-state index in [1.54, 1.807) is 6.92 Å². The number of nitrogens with zero attached hydrogens (tertiary/aromatic N) is 3. The topological polar surface area (TPSA) is 45.6 Å². The molecule has 2 aromatic rings. The summed E-state index contributed by atoms with van der Waals surface area (Å²) >= 11 is 3.51. The van der Waals surface area contributed by atoms with Crippen LogP contribution in [0.15, 0.2) is 34.8 Å². The second kappa shape index (κ2) is 7.76. The highest BCUT2D eigenvalue weighted by Gasteiger charge is 2.23. The molecule has 0 aliphatic carbocycles. The van der Waals surface area contributed by atoms with Crippen molar-refractivity contribution in [2.24, 2.45) is 0 Å². The van der Waals surface area contributed by atoms with Crippen molar-refractivity contribution in [2.45, 2.75) is 20.8 Å². The molecular formula is C20H24BrN3O2. The summed E-state index contributed by atoms with van der Waals surface area (Å²) in [5.41, 5.74) is 3.83. The van der Waals surface area contributed by atoms with Crippen LogP contribution in [-0.2, 0) is 4.79 Å². The van der Waals surface area contributed by atoms with Crippen molar-refractivity contribution >= 4 is 27.6 Å². The van der Waals surface area contributed by atoms with Crippen molar-refractivity contribution < 1.29 is 9.59 Å². The maximum atomic E-state index is 12.9. The zero-order chi connectivity index (χ0) is 18.8. The third-order valence-corrected chi connectivity index (χ3v) is 5.48. The number of benzene rings is 1. The molecule has 6 heteroatoms. The average molecular weight is 418 g/mol. The first-order valence-corrected chi connectivity index (χ1v) is 9.62. The minimum Gasteiger partial charge on any atom is -0.340 e. The normalized spacial score (nSPS) is 15.3. The van der Waals surface area contributed by atoms with Crippen LogP contribution in [0.25, 0.3) is 5.69 Å². The number of halogens is 1. The largest absolute Gasteiger partial charge is 0.340 e. The average Bonchev–Trinajstić information content (AvgIpc) is 2.90. The quantitative estimate of drug-likeness (QED) is 0.717. The van der Waals surface area contributed by atoms with Crippen LogP contribution < -0.4 is 0 Å². The third-order valence-electron chi connectivity index (χ3n) is 4.98. The molecular weight excluding hydrogens is 394 g/mol. The lowest BCUT2D eigenvalue weighted by Crippen LogP contribution is -2.49. The molecule has 0 bridgehead atoms. The van der Waals surface area contributed by atoms with Gasteiger partial charge in [0.05, 0.1) is 6.54 Å². The van der Waals surface area contributed by atoms with Crippen molar-refractivity contribution in [3.05, 3.63) is 51.8 Å². The van der Waals surface area contributed by atoms with Crippen LogP contribution in [0.1, 0.15) is 28.7 Å². The molecule has 3 rings (SSSR count). The van der Waals surface area contributed by atoms with Gasteiger partial charge in [0.1, 0.15) is 0 Å². The van der Waals surface area contributed by atoms with E-state index in [0.717, 1.165) is 40.2 Å². The molecule has 1 aromatic heterocycles. The highest BCUT2D eigenvalue weighted by molar-refractivity contribution is 9.10. The number of Topliss-reactive ketones (excluding diaryl/α,β-unsaturated/α-hetero) is 1. The molecule has 1 fully saturated rings. The summed E-state index contributed by atoms with van der Waals surface area (Å²) < 4.78 is 3.13. The predicted molar refractivity (Wildman–Crippen MR) is 106 cm³/mol. The van der Waals surface area contributed by atoms with Crippen molar-refractivity contribution in [3.8, 4) is 5.69 Å². The Balaban J connectivity index is 1.75. The number of carbonyl (C=O) groups excluding carboxylic acids is 2. The first-order valence-electron chi connectivity index (χ1n) is 8.83. The molecule has 0 N–H and O–H groups in total. The van der Waals surface area contributed by atoms with E-state index in [0.29, 0.717) is 19.6 Å². The Bertz CT molecular complexity index is 836. The Hall–Kier alpha value is -1.92. The highest BCUT2D eigenvalue weighted by Crippen LogP contribution is 2.23. The summed E-state index contributed by atoms with van der Waals surface area (Å²) in [4.78, 5) is 28.3. The van der Waals surface area contributed by atoms with E-state index < -0.39 is 0 Å². The number of piperazine rings is 1. The van der Waals surface area contributed by atoms with Crippen molar-refractivity contribution in [3.63, 3.8) is 0 Å². The molecule has 0 atom stereocenters. The van der Waals surface area contributed by atoms with Crippen molar-refractivity contribution in [1.29, 1.82) is 0 Å². The van der Waals surface area contributed by atoms with E-state index in [1.165, 1.54) is 0 Å². The van der Waals surface area contributed by atoms with Crippen LogP contribution >= 0.6 is 15.9 Å². The molecule has 0 spiro atoms. The third kappa shape index (κ3) is 3.91. The Labute approximate surface area is 162 Å². The predicted octanol–water partition coefficient (Wildman–Crippen LogP) is 3.20. The summed E-state index contributed by atoms with van der Waals surface area (Å²) in [6.07, 6.45) is 0. The molecule has 26 heavy (non-hydrogen) atoms. The number of amides is 1. The van der Waals surface area contributed by atoms with Gasteiger partial charge >= 0.3 is 0 Å². The van der Waals surface area contributed by atoms with Crippen LogP contribution in [0.5, 0.6) is 0 Å². The minimum absolute atomic E-state index is 0.105. The second-order valence-electron chi connectivity index (χ2n) is 6.81. The van der Waals surface area contributed by atoms with Gasteiger partial charge in [-0.25, -0.2) is 0 Å². The van der Waals surface area contributed by atoms with E-state index in [2.05, 4.69) is 31.5 Å². The molecule has 1 saturated heterocycles. The molecule has 138 valence electrons. The zero-order valence-electron chi connectivity index (χ0n) is 15.5. The van der Waals surface area contributed by atoms with Gasteiger partial charge in [-0.1, -0.05) is 22.0 Å². The van der Waals surface area contributed by atoms with Crippen LogP contribution in [0.2, 0.25) is 0 Å². The van der Waals surface area contributed by atoms with E-state index >= 15 is 0 Å². The van der Waals surface area contributed by atoms with Gasteiger partial charge in [-0.2, -0.15) is 0 Å². The minimum atomic E-state index is 0.105. The molecule has 0 saturated carbocycles. The summed E-state index contributed by atoms with van der Waals surface area (Å²) in [7, 11) is 0. The lowest BCUT2D eigenvalue weighted by Gasteiger charge is -2.33. The van der Waals surface area contributed by atoms with Crippen LogP contribution in [0.4, 0.5) is 0 Å². The fourth-order valence-corrected chi connectivity index (χ4v) is 3.95. The number of hydrogen-bond donors (Lipinski definition) is 0. The summed E-state index contributed by atoms with van der Waals surface area (Å²) in [6.45, 7) is 8.89. The molecule has 2 heterocycles. The molecule has 1 aromatic carbocycles. The molecule has 1 aliphatic heterocycles. The first kappa shape index (κ1) is 18.9. The standard InChI is InChI=1S/C20H24BrN3O2/c1-14-11-19(15(2)24(14)18-6-4-5-17(21)12-18)20(26)13-22-7-9-23(10-8-22)16(3)25/h4-6,11-12H,7-10,13H2,1-3H3. The van der Waals surface area contributed by atoms with Crippen LogP contribution in [0, 0.1) is 13.8 Å². The van der Waals surface area contributed by atoms with E-state index in [4.69, 9.17) is 0 Å². The number of carbonyl (C=O) groups is 2. The first-order chi connectivity index (χ1) is 12.4. The van der Waals surface area contributed by atoms with Gasteiger partial charge in [0.2, 0.25) is 5.91 Å². The second-order valence-corrected chi connectivity index (χ2v) is 7.72. The molecule has 1 aliphatic rings. The lowest BCUT2D eigenvalue weighted by molar-refractivity contribution is -0.130. The van der Waals surface area contributed by atoms with Crippen LogP contribution in [0.3, 0.4) is 0 Å². The summed E-state index contributed by atoms with van der Waals surface area (Å²) in [6, 6.07) is 10.1. The van der Waals surface area contributed by atoms with Gasteiger partial charge in [-0.05, 0) is 38.1 Å². The van der Waals surface area contributed by atoms with Crippen molar-refractivity contribution in [2.75, 3.05) is 32.7 Å². The lowest BCUT2D eigenvalue weighted by atomic mass is 10.1. The van der Waals surface area contributed by atoms with Gasteiger partial charge in [0.25, 0.3) is 0 Å². The maximum Gasteiger partial charge on any atom is 0.219 e. The maximum absolute atomic E-state index is 12.9. The molecule has 1 amide bonds. The van der Waals surface area contributed by atoms with Gasteiger partial charge < -0.3 is 9.47 Å². The van der Waals surface area contributed by atoms with E-state index in [-0.39, 0.29) is 11.7 Å². The molecule has 0 radical (unpaired) electrons. The van der Waals surface area contributed by atoms with Crippen molar-refractivity contribution in [1.82, 2.24) is 14.4 Å². The smallest absolute Gasteiger partial charge is 0.219 e. The number of aromatic nitrogens is 1. The number of ketones is 1. The van der Waals surface area contributed by atoms with Gasteiger partial charge in [0.15, 0.2) is 5.78 Å². The monoisotopic (exact) mass is 417 g/mol. The number of aryl methyl sites for hydroxylation is 1. The van der Waals surface area contributed by atoms with Gasteiger partial charge in [-0.15, -0.1) is 0 Å².